The van der Waals surface area contributed by atoms with Crippen LogP contribution in [0.5, 0.6) is 0 Å². The first-order valence-corrected chi connectivity index (χ1v) is 5.91. The van der Waals surface area contributed by atoms with Crippen LogP contribution in [0.2, 0.25) is 0 Å². The Bertz CT molecular complexity index is 563. The summed E-state index contributed by atoms with van der Waals surface area (Å²) < 4.78 is 13.3. The minimum absolute atomic E-state index is 0.108. The van der Waals surface area contributed by atoms with E-state index in [0.29, 0.717) is 18.5 Å². The predicted octanol–water partition coefficient (Wildman–Crippen LogP) is 0.854. The van der Waals surface area contributed by atoms with E-state index in [0.717, 1.165) is 5.56 Å². The summed E-state index contributed by atoms with van der Waals surface area (Å²) in [7, 11) is 0. The first-order chi connectivity index (χ1) is 9.11. The summed E-state index contributed by atoms with van der Waals surface area (Å²) >= 11 is 0. The number of fused-ring (bicyclic) bond motifs is 1. The number of hydrogen-bond donors (Lipinski definition) is 1. The summed E-state index contributed by atoms with van der Waals surface area (Å²) in [5.41, 5.74) is 1.33. The fourth-order valence-corrected chi connectivity index (χ4v) is 2.03. The zero-order chi connectivity index (χ0) is 13.8. The van der Waals surface area contributed by atoms with Gasteiger partial charge in [0.25, 0.3) is 0 Å². The molecule has 0 radical (unpaired) electrons. The van der Waals surface area contributed by atoms with E-state index >= 15 is 0 Å². The van der Waals surface area contributed by atoms with Crippen molar-refractivity contribution in [2.75, 3.05) is 18.0 Å². The van der Waals surface area contributed by atoms with Crippen molar-refractivity contribution in [1.82, 2.24) is 5.32 Å². The molecule has 19 heavy (non-hydrogen) atoms. The molecule has 4 nitrogen and oxygen atoms in total. The first-order valence-electron chi connectivity index (χ1n) is 5.91. The second kappa shape index (κ2) is 5.53. The van der Waals surface area contributed by atoms with Gasteiger partial charge in [0.2, 0.25) is 11.8 Å². The van der Waals surface area contributed by atoms with E-state index < -0.39 is 5.82 Å². The van der Waals surface area contributed by atoms with Crippen molar-refractivity contribution in [1.29, 1.82) is 0 Å². The normalized spacial score (nSPS) is 13.7. The number of nitrogens with one attached hydrogen (secondary N) is 1. The molecule has 2 amide bonds. The summed E-state index contributed by atoms with van der Waals surface area (Å²) in [6.45, 7) is -0.0339. The molecule has 0 fully saturated rings. The van der Waals surface area contributed by atoms with Gasteiger partial charge in [-0.1, -0.05) is 12.0 Å². The molecule has 0 saturated heterocycles. The number of benzene rings is 1. The van der Waals surface area contributed by atoms with Crippen LogP contribution in [0.25, 0.3) is 0 Å². The number of halogens is 1. The largest absolute Gasteiger partial charge is 0.344 e. The quantitative estimate of drug-likeness (QED) is 0.819. The number of aryl methyl sites for hydroxylation is 1. The second-order valence-corrected chi connectivity index (χ2v) is 4.23. The van der Waals surface area contributed by atoms with Gasteiger partial charge >= 0.3 is 0 Å². The van der Waals surface area contributed by atoms with Gasteiger partial charge in [0.1, 0.15) is 12.4 Å². The fourth-order valence-electron chi connectivity index (χ4n) is 2.03. The van der Waals surface area contributed by atoms with E-state index in [-0.39, 0.29) is 24.9 Å². The van der Waals surface area contributed by atoms with Crippen LogP contribution in [0.4, 0.5) is 10.1 Å². The van der Waals surface area contributed by atoms with Crippen LogP contribution in [0, 0.1) is 18.2 Å². The lowest BCUT2D eigenvalue weighted by Gasteiger charge is -2.28. The average molecular weight is 260 g/mol. The lowest BCUT2D eigenvalue weighted by Crippen LogP contribution is -2.43. The van der Waals surface area contributed by atoms with Crippen molar-refractivity contribution in [3.63, 3.8) is 0 Å². The van der Waals surface area contributed by atoms with Crippen molar-refractivity contribution in [3.8, 4) is 12.3 Å². The highest BCUT2D eigenvalue weighted by Gasteiger charge is 2.26. The molecule has 0 aliphatic carbocycles. The molecular formula is C14H13FN2O2. The molecular weight excluding hydrogens is 247 g/mol. The van der Waals surface area contributed by atoms with E-state index in [2.05, 4.69) is 11.2 Å². The van der Waals surface area contributed by atoms with Gasteiger partial charge in [0, 0.05) is 6.42 Å². The average Bonchev–Trinajstić information content (AvgIpc) is 2.40. The van der Waals surface area contributed by atoms with Crippen LogP contribution in [-0.2, 0) is 16.0 Å². The number of terminal acetylenes is 1. The van der Waals surface area contributed by atoms with Crippen LogP contribution >= 0.6 is 0 Å². The molecule has 2 rings (SSSR count). The standard InChI is InChI=1S/C14H13FN2O2/c1-2-7-16-13(18)9-17-12-8-11(15)5-3-10(12)4-6-14(17)19/h1,3,5,8H,4,6-7,9H2,(H,16,18). The Morgan fingerprint density at radius 3 is 3.00 bits per heavy atom. The molecule has 1 heterocycles. The summed E-state index contributed by atoms with van der Waals surface area (Å²) in [5, 5.41) is 2.48. The Hall–Kier alpha value is -2.35. The fraction of sp³-hybridized carbons (Fsp3) is 0.286. The monoisotopic (exact) mass is 260 g/mol. The Balaban J connectivity index is 2.21. The molecule has 0 aromatic heterocycles. The van der Waals surface area contributed by atoms with E-state index in [1.165, 1.54) is 17.0 Å². The maximum Gasteiger partial charge on any atom is 0.240 e. The Kier molecular flexibility index (Phi) is 3.81. The zero-order valence-electron chi connectivity index (χ0n) is 10.3. The van der Waals surface area contributed by atoms with Gasteiger partial charge in [0.05, 0.1) is 12.2 Å². The third kappa shape index (κ3) is 2.91. The summed E-state index contributed by atoms with van der Waals surface area (Å²) in [6.07, 6.45) is 5.93. The Morgan fingerprint density at radius 1 is 1.47 bits per heavy atom. The smallest absolute Gasteiger partial charge is 0.240 e. The van der Waals surface area contributed by atoms with E-state index in [1.54, 1.807) is 6.07 Å². The molecule has 0 spiro atoms. The summed E-state index contributed by atoms with van der Waals surface area (Å²) in [5.74, 6) is 1.31. The third-order valence-corrected chi connectivity index (χ3v) is 2.94. The number of anilines is 1. The van der Waals surface area contributed by atoms with Crippen molar-refractivity contribution in [2.45, 2.75) is 12.8 Å². The maximum atomic E-state index is 13.3. The lowest BCUT2D eigenvalue weighted by molar-refractivity contribution is -0.123. The van der Waals surface area contributed by atoms with Gasteiger partial charge in [-0.15, -0.1) is 6.42 Å². The van der Waals surface area contributed by atoms with Crippen LogP contribution in [-0.4, -0.2) is 24.9 Å². The highest BCUT2D eigenvalue weighted by Crippen LogP contribution is 2.28. The molecule has 0 unspecified atom stereocenters. The third-order valence-electron chi connectivity index (χ3n) is 2.94. The van der Waals surface area contributed by atoms with Gasteiger partial charge in [-0.3, -0.25) is 9.59 Å². The molecule has 0 saturated carbocycles. The van der Waals surface area contributed by atoms with Gasteiger partial charge in [-0.2, -0.15) is 0 Å². The molecule has 1 N–H and O–H groups in total. The molecule has 1 aliphatic heterocycles. The lowest BCUT2D eigenvalue weighted by atomic mass is 10.0. The number of rotatable bonds is 3. The highest BCUT2D eigenvalue weighted by molar-refractivity contribution is 6.01. The van der Waals surface area contributed by atoms with Crippen molar-refractivity contribution in [3.05, 3.63) is 29.6 Å². The highest BCUT2D eigenvalue weighted by atomic mass is 19.1. The Morgan fingerprint density at radius 2 is 2.26 bits per heavy atom. The molecule has 0 atom stereocenters. The van der Waals surface area contributed by atoms with E-state index in [4.69, 9.17) is 6.42 Å². The SMILES string of the molecule is C#CCNC(=O)CN1C(=O)CCc2ccc(F)cc21. The van der Waals surface area contributed by atoms with E-state index in [9.17, 15) is 14.0 Å². The summed E-state index contributed by atoms with van der Waals surface area (Å²) in [4.78, 5) is 24.8. The number of carbonyl (C=O) groups excluding carboxylic acids is 2. The number of nitrogens with zero attached hydrogens (tertiary/aromatic N) is 1. The number of hydrogen-bond acceptors (Lipinski definition) is 2. The Labute approximate surface area is 110 Å². The van der Waals surface area contributed by atoms with Gasteiger partial charge in [0.15, 0.2) is 0 Å². The van der Waals surface area contributed by atoms with Gasteiger partial charge in [-0.05, 0) is 24.1 Å². The molecule has 1 aliphatic rings. The van der Waals surface area contributed by atoms with Crippen LogP contribution in [0.15, 0.2) is 18.2 Å². The summed E-state index contributed by atoms with van der Waals surface area (Å²) in [6, 6.07) is 4.27. The second-order valence-electron chi connectivity index (χ2n) is 4.23. The molecule has 1 aromatic carbocycles. The van der Waals surface area contributed by atoms with Crippen LogP contribution in [0.3, 0.4) is 0 Å². The van der Waals surface area contributed by atoms with Gasteiger partial charge < -0.3 is 10.2 Å². The van der Waals surface area contributed by atoms with Crippen molar-refractivity contribution < 1.29 is 14.0 Å². The maximum absolute atomic E-state index is 13.3. The molecule has 98 valence electrons. The minimum atomic E-state index is -0.428. The first kappa shape index (κ1) is 13.1. The van der Waals surface area contributed by atoms with Crippen molar-refractivity contribution >= 4 is 17.5 Å². The minimum Gasteiger partial charge on any atom is -0.344 e. The predicted molar refractivity (Wildman–Crippen MR) is 68.9 cm³/mol. The number of amides is 2. The molecule has 0 bridgehead atoms. The van der Waals surface area contributed by atoms with Crippen LogP contribution in [0.1, 0.15) is 12.0 Å². The van der Waals surface area contributed by atoms with Gasteiger partial charge in [-0.25, -0.2) is 4.39 Å². The molecule has 5 heteroatoms. The molecule has 1 aromatic rings. The number of carbonyl (C=O) groups is 2. The zero-order valence-corrected chi connectivity index (χ0v) is 10.3. The topological polar surface area (TPSA) is 49.4 Å². The van der Waals surface area contributed by atoms with Crippen molar-refractivity contribution in [2.24, 2.45) is 0 Å². The van der Waals surface area contributed by atoms with E-state index in [1.807, 2.05) is 0 Å². The van der Waals surface area contributed by atoms with Crippen LogP contribution < -0.4 is 10.2 Å².